The summed E-state index contributed by atoms with van der Waals surface area (Å²) in [5, 5.41) is 2.41. The van der Waals surface area contributed by atoms with E-state index in [1.807, 2.05) is 0 Å². The quantitative estimate of drug-likeness (QED) is 0.760. The second-order valence-corrected chi connectivity index (χ2v) is 6.79. The molecule has 2 heterocycles. The highest BCUT2D eigenvalue weighted by Gasteiger charge is 2.23. The van der Waals surface area contributed by atoms with Gasteiger partial charge in [0.05, 0.1) is 10.7 Å². The zero-order valence-electron chi connectivity index (χ0n) is 12.6. The largest absolute Gasteiger partial charge is 0.443 e. The van der Waals surface area contributed by atoms with Crippen LogP contribution in [0.3, 0.4) is 0 Å². The molecule has 0 aromatic carbocycles. The zero-order chi connectivity index (χ0) is 16.5. The lowest BCUT2D eigenvalue weighted by molar-refractivity contribution is 0.0589. The van der Waals surface area contributed by atoms with Crippen LogP contribution in [0.1, 0.15) is 20.8 Å². The molecule has 22 heavy (non-hydrogen) atoms. The summed E-state index contributed by atoms with van der Waals surface area (Å²) in [4.78, 5) is 21.1. The predicted octanol–water partition coefficient (Wildman–Crippen LogP) is 4.37. The number of carbonyl (C=O) groups is 1. The van der Waals surface area contributed by atoms with Crippen molar-refractivity contribution in [3.05, 3.63) is 28.6 Å². The molecule has 0 N–H and O–H groups in total. The van der Waals surface area contributed by atoms with Crippen LogP contribution in [0, 0.1) is 5.95 Å². The number of anilines is 1. The average Bonchev–Trinajstić information content (AvgIpc) is 2.88. The van der Waals surface area contributed by atoms with E-state index in [1.54, 1.807) is 33.2 Å². The Morgan fingerprint density at radius 3 is 2.77 bits per heavy atom. The third-order valence-corrected chi connectivity index (χ3v) is 3.76. The van der Waals surface area contributed by atoms with Crippen LogP contribution in [-0.2, 0) is 4.74 Å². The highest BCUT2D eigenvalue weighted by atomic mass is 35.5. The number of thiazole rings is 1. The van der Waals surface area contributed by atoms with E-state index in [-0.39, 0.29) is 5.02 Å². The number of aromatic nitrogens is 2. The molecular formula is C14H15ClFN3O2S. The molecule has 5 nitrogen and oxygen atoms in total. The Hall–Kier alpha value is -1.73. The number of hydrogen-bond acceptors (Lipinski definition) is 5. The maximum Gasteiger partial charge on any atom is 0.416 e. The summed E-state index contributed by atoms with van der Waals surface area (Å²) in [6.07, 6.45) is 0.712. The highest BCUT2D eigenvalue weighted by Crippen LogP contribution is 2.31. The molecule has 0 aliphatic carbocycles. The molecule has 8 heteroatoms. The Balaban J connectivity index is 2.24. The van der Waals surface area contributed by atoms with Gasteiger partial charge in [-0.25, -0.2) is 14.8 Å². The van der Waals surface area contributed by atoms with Gasteiger partial charge in [-0.1, -0.05) is 11.6 Å². The fraction of sp³-hybridized carbons (Fsp3) is 0.357. The van der Waals surface area contributed by atoms with Crippen molar-refractivity contribution in [2.24, 2.45) is 0 Å². The van der Waals surface area contributed by atoms with Crippen molar-refractivity contribution in [3.63, 3.8) is 0 Å². The van der Waals surface area contributed by atoms with Crippen LogP contribution in [0.25, 0.3) is 11.3 Å². The molecule has 118 valence electrons. The number of nitrogens with zero attached hydrogens (tertiary/aromatic N) is 3. The van der Waals surface area contributed by atoms with E-state index < -0.39 is 17.6 Å². The van der Waals surface area contributed by atoms with Crippen LogP contribution in [0.15, 0.2) is 17.6 Å². The molecule has 0 aliphatic rings. The van der Waals surface area contributed by atoms with Gasteiger partial charge in [0.25, 0.3) is 0 Å². The van der Waals surface area contributed by atoms with Crippen LogP contribution in [0.5, 0.6) is 0 Å². The Labute approximate surface area is 136 Å². The number of halogens is 2. The Kier molecular flexibility index (Phi) is 4.67. The molecular weight excluding hydrogens is 329 g/mol. The van der Waals surface area contributed by atoms with Crippen LogP contribution >= 0.6 is 22.9 Å². The number of rotatable bonds is 2. The maximum atomic E-state index is 13.2. The first-order valence-electron chi connectivity index (χ1n) is 6.41. The zero-order valence-corrected chi connectivity index (χ0v) is 14.1. The molecule has 0 aliphatic heterocycles. The lowest BCUT2D eigenvalue weighted by Crippen LogP contribution is -2.34. The van der Waals surface area contributed by atoms with E-state index in [9.17, 15) is 9.18 Å². The van der Waals surface area contributed by atoms with Gasteiger partial charge in [0.15, 0.2) is 5.13 Å². The van der Waals surface area contributed by atoms with E-state index >= 15 is 0 Å². The van der Waals surface area contributed by atoms with Gasteiger partial charge in [-0.05, 0) is 20.8 Å². The van der Waals surface area contributed by atoms with Gasteiger partial charge < -0.3 is 4.74 Å². The summed E-state index contributed by atoms with van der Waals surface area (Å²) in [6, 6.07) is 1.20. The summed E-state index contributed by atoms with van der Waals surface area (Å²) in [7, 11) is 1.56. The summed E-state index contributed by atoms with van der Waals surface area (Å²) in [6.45, 7) is 5.35. The molecule has 0 fully saturated rings. The minimum atomic E-state index is -0.644. The third-order valence-electron chi connectivity index (χ3n) is 2.54. The van der Waals surface area contributed by atoms with Gasteiger partial charge in [-0.2, -0.15) is 4.39 Å². The molecule has 0 radical (unpaired) electrons. The summed E-state index contributed by atoms with van der Waals surface area (Å²) in [5.74, 6) is -0.644. The van der Waals surface area contributed by atoms with Crippen molar-refractivity contribution in [3.8, 4) is 11.3 Å². The van der Waals surface area contributed by atoms with E-state index in [2.05, 4.69) is 9.97 Å². The Morgan fingerprint density at radius 1 is 1.45 bits per heavy atom. The van der Waals surface area contributed by atoms with Crippen LogP contribution in [-0.4, -0.2) is 28.7 Å². The van der Waals surface area contributed by atoms with E-state index in [0.717, 1.165) is 0 Å². The normalized spacial score (nSPS) is 11.4. The maximum absolute atomic E-state index is 13.2. The lowest BCUT2D eigenvalue weighted by atomic mass is 10.2. The topological polar surface area (TPSA) is 55.3 Å². The molecule has 0 spiro atoms. The summed E-state index contributed by atoms with van der Waals surface area (Å²) >= 11 is 7.23. The minimum absolute atomic E-state index is 0.290. The SMILES string of the molecule is CN(C(=O)OC(C)(C)C)c1nc(-c2cc(F)ncc2Cl)cs1. The van der Waals surface area contributed by atoms with Gasteiger partial charge in [0.2, 0.25) is 5.95 Å². The Bertz CT molecular complexity index is 700. The van der Waals surface area contributed by atoms with E-state index in [0.29, 0.717) is 16.4 Å². The number of carbonyl (C=O) groups excluding carboxylic acids is 1. The van der Waals surface area contributed by atoms with E-state index in [4.69, 9.17) is 16.3 Å². The fourth-order valence-corrected chi connectivity index (χ4v) is 2.54. The molecule has 0 bridgehead atoms. The van der Waals surface area contributed by atoms with Gasteiger partial charge in [-0.3, -0.25) is 4.90 Å². The number of amides is 1. The van der Waals surface area contributed by atoms with Crippen LogP contribution < -0.4 is 4.90 Å². The second-order valence-electron chi connectivity index (χ2n) is 5.54. The van der Waals surface area contributed by atoms with Crippen molar-refractivity contribution in [1.29, 1.82) is 0 Å². The molecule has 1 amide bonds. The smallest absolute Gasteiger partial charge is 0.416 e. The van der Waals surface area contributed by atoms with Gasteiger partial charge >= 0.3 is 6.09 Å². The Morgan fingerprint density at radius 2 is 2.14 bits per heavy atom. The number of hydrogen-bond donors (Lipinski definition) is 0. The van der Waals surface area contributed by atoms with E-state index in [1.165, 1.54) is 28.5 Å². The van der Waals surface area contributed by atoms with Crippen LogP contribution in [0.4, 0.5) is 14.3 Å². The molecule has 2 rings (SSSR count). The minimum Gasteiger partial charge on any atom is -0.443 e. The third kappa shape index (κ3) is 3.92. The number of ether oxygens (including phenoxy) is 1. The van der Waals surface area contributed by atoms with Crippen LogP contribution in [0.2, 0.25) is 5.02 Å². The van der Waals surface area contributed by atoms with Crippen molar-refractivity contribution in [2.45, 2.75) is 26.4 Å². The van der Waals surface area contributed by atoms with Gasteiger partial charge in [0, 0.05) is 30.3 Å². The van der Waals surface area contributed by atoms with Gasteiger partial charge in [0.1, 0.15) is 5.60 Å². The molecule has 2 aromatic rings. The molecule has 0 unspecified atom stereocenters. The molecule has 2 aromatic heterocycles. The monoisotopic (exact) mass is 343 g/mol. The van der Waals surface area contributed by atoms with Crippen molar-refractivity contribution in [1.82, 2.24) is 9.97 Å². The first-order valence-corrected chi connectivity index (χ1v) is 7.67. The second kappa shape index (κ2) is 6.18. The van der Waals surface area contributed by atoms with Crippen molar-refractivity contribution < 1.29 is 13.9 Å². The van der Waals surface area contributed by atoms with Crippen molar-refractivity contribution in [2.75, 3.05) is 11.9 Å². The lowest BCUT2D eigenvalue weighted by Gasteiger charge is -2.23. The first-order chi connectivity index (χ1) is 10.2. The fourth-order valence-electron chi connectivity index (χ4n) is 1.56. The summed E-state index contributed by atoms with van der Waals surface area (Å²) in [5.41, 5.74) is 0.305. The standard InChI is InChI=1S/C14H15ClFN3O2S/c1-14(2,3)21-13(20)19(4)12-18-10(7-22-12)8-5-11(16)17-6-9(8)15/h5-7H,1-4H3. The molecule has 0 saturated heterocycles. The summed E-state index contributed by atoms with van der Waals surface area (Å²) < 4.78 is 18.5. The highest BCUT2D eigenvalue weighted by molar-refractivity contribution is 7.14. The average molecular weight is 344 g/mol. The van der Waals surface area contributed by atoms with Gasteiger partial charge in [-0.15, -0.1) is 11.3 Å². The molecule has 0 saturated carbocycles. The molecule has 0 atom stereocenters. The first kappa shape index (κ1) is 16.6. The predicted molar refractivity (Wildman–Crippen MR) is 85.0 cm³/mol. The number of pyridine rings is 1. The van der Waals surface area contributed by atoms with Crippen molar-refractivity contribution >= 4 is 34.2 Å².